The number of nitrogens with zero attached hydrogens (tertiary/aromatic N) is 2. The van der Waals surface area contributed by atoms with Gasteiger partial charge in [0.05, 0.1) is 12.8 Å². The summed E-state index contributed by atoms with van der Waals surface area (Å²) in [6.07, 6.45) is 7.39. The first-order valence-corrected chi connectivity index (χ1v) is 10.6. The van der Waals surface area contributed by atoms with E-state index in [0.717, 1.165) is 44.7 Å². The van der Waals surface area contributed by atoms with Crippen LogP contribution in [0.25, 0.3) is 0 Å². The van der Waals surface area contributed by atoms with Gasteiger partial charge in [-0.1, -0.05) is 6.92 Å². The van der Waals surface area contributed by atoms with Crippen LogP contribution in [-0.2, 0) is 14.8 Å². The van der Waals surface area contributed by atoms with Crippen molar-refractivity contribution in [1.82, 2.24) is 14.5 Å². The highest BCUT2D eigenvalue weighted by Gasteiger charge is 2.27. The zero-order chi connectivity index (χ0) is 17.0. The predicted molar refractivity (Wildman–Crippen MR) is 91.6 cm³/mol. The van der Waals surface area contributed by atoms with Crippen molar-refractivity contribution in [2.45, 2.75) is 57.5 Å². The van der Waals surface area contributed by atoms with Crippen LogP contribution in [0, 0.1) is 5.92 Å². The number of sulfonamides is 1. The molecule has 2 fully saturated rings. The Hall–Kier alpha value is -0.660. The highest BCUT2D eigenvalue weighted by molar-refractivity contribution is 7.88. The van der Waals surface area contributed by atoms with Gasteiger partial charge in [-0.15, -0.1) is 0 Å². The van der Waals surface area contributed by atoms with Crippen molar-refractivity contribution in [3.63, 3.8) is 0 Å². The fourth-order valence-corrected chi connectivity index (χ4v) is 4.49. The van der Waals surface area contributed by atoms with E-state index in [1.165, 1.54) is 19.1 Å². The number of nitrogens with one attached hydrogen (secondary N) is 1. The molecule has 1 aliphatic carbocycles. The molecule has 1 saturated carbocycles. The quantitative estimate of drug-likeness (QED) is 0.808. The summed E-state index contributed by atoms with van der Waals surface area (Å²) in [7, 11) is -1.21. The van der Waals surface area contributed by atoms with Crippen LogP contribution in [-0.4, -0.2) is 69.1 Å². The van der Waals surface area contributed by atoms with Crippen LogP contribution >= 0.6 is 0 Å². The molecular weight excluding hydrogens is 314 g/mol. The minimum absolute atomic E-state index is 0.00825. The first kappa shape index (κ1) is 18.7. The van der Waals surface area contributed by atoms with Gasteiger partial charge in [-0.05, 0) is 44.4 Å². The molecular formula is C16H31N3O3S. The maximum atomic E-state index is 12.5. The van der Waals surface area contributed by atoms with E-state index < -0.39 is 10.0 Å². The van der Waals surface area contributed by atoms with E-state index in [9.17, 15) is 13.2 Å². The first-order valence-electron chi connectivity index (χ1n) is 8.70. The third-order valence-electron chi connectivity index (χ3n) is 5.25. The summed E-state index contributed by atoms with van der Waals surface area (Å²) in [5, 5.41) is 0. The molecule has 0 aromatic rings. The number of carbonyl (C=O) groups excluding carboxylic acids is 1. The van der Waals surface area contributed by atoms with E-state index in [-0.39, 0.29) is 11.9 Å². The third kappa shape index (κ3) is 6.04. The van der Waals surface area contributed by atoms with Crippen molar-refractivity contribution in [3.8, 4) is 0 Å². The molecule has 0 radical (unpaired) electrons. The van der Waals surface area contributed by atoms with Crippen LogP contribution in [0.2, 0.25) is 0 Å². The molecule has 1 amide bonds. The molecule has 2 rings (SSSR count). The largest absolute Gasteiger partial charge is 0.342 e. The highest BCUT2D eigenvalue weighted by Crippen LogP contribution is 2.26. The van der Waals surface area contributed by atoms with Crippen LogP contribution < -0.4 is 4.72 Å². The number of likely N-dealkylation sites (tertiary alicyclic amines) is 1. The summed E-state index contributed by atoms with van der Waals surface area (Å²) in [5.74, 6) is 0.982. The van der Waals surface area contributed by atoms with E-state index in [1.807, 2.05) is 11.9 Å². The Balaban J connectivity index is 1.74. The molecule has 23 heavy (non-hydrogen) atoms. The zero-order valence-corrected chi connectivity index (χ0v) is 15.4. The van der Waals surface area contributed by atoms with Crippen LogP contribution in [0.1, 0.15) is 45.4 Å². The lowest BCUT2D eigenvalue weighted by Crippen LogP contribution is -2.49. The van der Waals surface area contributed by atoms with Gasteiger partial charge < -0.3 is 4.90 Å². The lowest BCUT2D eigenvalue weighted by atomic mass is 9.87. The highest BCUT2D eigenvalue weighted by atomic mass is 32.2. The second-order valence-electron chi connectivity index (χ2n) is 7.36. The monoisotopic (exact) mass is 345 g/mol. The molecule has 7 heteroatoms. The lowest BCUT2D eigenvalue weighted by Gasteiger charge is -2.36. The molecule has 6 nitrogen and oxygen atoms in total. The summed E-state index contributed by atoms with van der Waals surface area (Å²) < 4.78 is 25.2. The number of piperidine rings is 1. The minimum Gasteiger partial charge on any atom is -0.342 e. The Kier molecular flexibility index (Phi) is 6.45. The van der Waals surface area contributed by atoms with Crippen molar-refractivity contribution < 1.29 is 13.2 Å². The number of amides is 1. The molecule has 0 bridgehead atoms. The van der Waals surface area contributed by atoms with Crippen LogP contribution in [0.4, 0.5) is 0 Å². The average Bonchev–Trinajstić information content (AvgIpc) is 2.48. The van der Waals surface area contributed by atoms with E-state index in [1.54, 1.807) is 0 Å². The lowest BCUT2D eigenvalue weighted by molar-refractivity contribution is -0.134. The number of rotatable bonds is 5. The Morgan fingerprint density at radius 3 is 2.22 bits per heavy atom. The van der Waals surface area contributed by atoms with E-state index >= 15 is 0 Å². The first-order chi connectivity index (χ1) is 10.7. The smallest absolute Gasteiger partial charge is 0.236 e. The molecule has 0 aromatic carbocycles. The standard InChI is InChI=1S/C16H31N3O3S/c1-13-4-6-15(7-5-13)18(2)16(20)12-19-10-8-14(9-11-19)17-23(3,21)22/h13-15,17H,4-12H2,1-3H3. The molecule has 0 atom stereocenters. The van der Waals surface area contributed by atoms with E-state index in [4.69, 9.17) is 0 Å². The number of hydrogen-bond donors (Lipinski definition) is 1. The number of carbonyl (C=O) groups is 1. The van der Waals surface area contributed by atoms with Crippen molar-refractivity contribution in [3.05, 3.63) is 0 Å². The summed E-state index contributed by atoms with van der Waals surface area (Å²) in [6, 6.07) is 0.400. The van der Waals surface area contributed by atoms with Crippen molar-refractivity contribution >= 4 is 15.9 Å². The Morgan fingerprint density at radius 1 is 1.13 bits per heavy atom. The van der Waals surface area contributed by atoms with Gasteiger partial charge in [-0.25, -0.2) is 13.1 Å². The minimum atomic E-state index is -3.14. The molecule has 1 saturated heterocycles. The fraction of sp³-hybridized carbons (Fsp3) is 0.938. The second-order valence-corrected chi connectivity index (χ2v) is 9.14. The van der Waals surface area contributed by atoms with Gasteiger partial charge in [0, 0.05) is 32.2 Å². The van der Waals surface area contributed by atoms with Crippen molar-refractivity contribution in [2.24, 2.45) is 5.92 Å². The van der Waals surface area contributed by atoms with Gasteiger partial charge in [-0.3, -0.25) is 9.69 Å². The summed E-state index contributed by atoms with van der Waals surface area (Å²) in [6.45, 7) is 4.28. The molecule has 134 valence electrons. The van der Waals surface area contributed by atoms with Gasteiger partial charge in [0.25, 0.3) is 0 Å². The molecule has 1 aliphatic heterocycles. The average molecular weight is 346 g/mol. The number of likely N-dealkylation sites (N-methyl/N-ethyl adjacent to an activating group) is 1. The predicted octanol–water partition coefficient (Wildman–Crippen LogP) is 1.04. The molecule has 2 aliphatic rings. The zero-order valence-electron chi connectivity index (χ0n) is 14.6. The van der Waals surface area contributed by atoms with Gasteiger partial charge in [-0.2, -0.15) is 0 Å². The fourth-order valence-electron chi connectivity index (χ4n) is 3.65. The maximum Gasteiger partial charge on any atom is 0.236 e. The normalized spacial score (nSPS) is 27.8. The van der Waals surface area contributed by atoms with Crippen LogP contribution in [0.5, 0.6) is 0 Å². The van der Waals surface area contributed by atoms with Crippen molar-refractivity contribution in [1.29, 1.82) is 0 Å². The third-order valence-corrected chi connectivity index (χ3v) is 6.02. The Labute approximate surface area is 140 Å². The van der Waals surface area contributed by atoms with Gasteiger partial charge in [0.1, 0.15) is 0 Å². The maximum absolute atomic E-state index is 12.5. The second kappa shape index (κ2) is 7.94. The van der Waals surface area contributed by atoms with Gasteiger partial charge in [0.2, 0.25) is 15.9 Å². The summed E-state index contributed by atoms with van der Waals surface area (Å²) in [5.41, 5.74) is 0. The molecule has 1 heterocycles. The summed E-state index contributed by atoms with van der Waals surface area (Å²) in [4.78, 5) is 16.6. The molecule has 0 unspecified atom stereocenters. The van der Waals surface area contributed by atoms with E-state index in [0.29, 0.717) is 12.6 Å². The SMILES string of the molecule is CC1CCC(N(C)C(=O)CN2CCC(NS(C)(=O)=O)CC2)CC1. The molecule has 1 N–H and O–H groups in total. The summed E-state index contributed by atoms with van der Waals surface area (Å²) >= 11 is 0. The number of hydrogen-bond acceptors (Lipinski definition) is 4. The van der Waals surface area contributed by atoms with Crippen LogP contribution in [0.3, 0.4) is 0 Å². The van der Waals surface area contributed by atoms with Crippen LogP contribution in [0.15, 0.2) is 0 Å². The molecule has 0 spiro atoms. The topological polar surface area (TPSA) is 69.7 Å². The van der Waals surface area contributed by atoms with E-state index in [2.05, 4.69) is 16.5 Å². The van der Waals surface area contributed by atoms with Gasteiger partial charge in [0.15, 0.2) is 0 Å². The Morgan fingerprint density at radius 2 is 1.70 bits per heavy atom. The Bertz CT molecular complexity index is 493. The molecule has 0 aromatic heterocycles. The van der Waals surface area contributed by atoms with Crippen molar-refractivity contribution in [2.75, 3.05) is 32.9 Å². The van der Waals surface area contributed by atoms with Gasteiger partial charge >= 0.3 is 0 Å².